The van der Waals surface area contributed by atoms with Crippen molar-refractivity contribution in [3.63, 3.8) is 0 Å². The molecule has 1 fully saturated rings. The first-order chi connectivity index (χ1) is 16.9. The van der Waals surface area contributed by atoms with Gasteiger partial charge in [0.1, 0.15) is 6.04 Å². The molecule has 0 heterocycles. The number of carbonyl (C=O) groups is 2. The molecule has 0 saturated heterocycles. The summed E-state index contributed by atoms with van der Waals surface area (Å²) in [5, 5.41) is 4.83. The van der Waals surface area contributed by atoms with Gasteiger partial charge < -0.3 is 10.2 Å². The maximum atomic E-state index is 13.4. The molecule has 0 unspecified atom stereocenters. The predicted molar refractivity (Wildman–Crippen MR) is 148 cm³/mol. The van der Waals surface area contributed by atoms with Crippen molar-refractivity contribution in [3.8, 4) is 0 Å². The second kappa shape index (κ2) is 14.4. The summed E-state index contributed by atoms with van der Waals surface area (Å²) in [6.07, 6.45) is 7.14. The van der Waals surface area contributed by atoms with E-state index in [0.29, 0.717) is 40.9 Å². The van der Waals surface area contributed by atoms with Gasteiger partial charge in [-0.2, -0.15) is 0 Å². The van der Waals surface area contributed by atoms with Gasteiger partial charge in [0.25, 0.3) is 0 Å². The van der Waals surface area contributed by atoms with Gasteiger partial charge in [0.2, 0.25) is 11.8 Å². The van der Waals surface area contributed by atoms with Crippen molar-refractivity contribution >= 4 is 58.4 Å². The first kappa shape index (κ1) is 28.2. The molecule has 1 saturated carbocycles. The number of nitrogens with zero attached hydrogens (tertiary/aromatic N) is 1. The van der Waals surface area contributed by atoms with Gasteiger partial charge in [-0.15, -0.1) is 11.8 Å². The lowest BCUT2D eigenvalue weighted by Gasteiger charge is -2.33. The van der Waals surface area contributed by atoms with Gasteiger partial charge >= 0.3 is 0 Å². The van der Waals surface area contributed by atoms with Gasteiger partial charge in [-0.3, -0.25) is 9.59 Å². The van der Waals surface area contributed by atoms with E-state index in [1.165, 1.54) is 6.42 Å². The van der Waals surface area contributed by atoms with E-state index in [-0.39, 0.29) is 17.9 Å². The normalized spacial score (nSPS) is 15.0. The molecule has 0 bridgehead atoms. The van der Waals surface area contributed by atoms with Gasteiger partial charge in [0.05, 0.1) is 10.0 Å². The summed E-state index contributed by atoms with van der Waals surface area (Å²) in [7, 11) is 0. The average molecular weight is 556 g/mol. The zero-order valence-corrected chi connectivity index (χ0v) is 23.2. The van der Waals surface area contributed by atoms with Gasteiger partial charge in [-0.1, -0.05) is 67.1 Å². The Morgan fingerprint density at radius 1 is 1.03 bits per heavy atom. The molecule has 4 nitrogen and oxygen atoms in total. The maximum absolute atomic E-state index is 13.4. The molecule has 190 valence electrons. The SMILES string of the molecule is CC[C@H](C(=O)NC1CCCCC1)N(Cc1ccc(Cl)c(Cl)c1)C(=O)CCCSc1ccc(Cl)cc1. The third-order valence-electron chi connectivity index (χ3n) is 6.29. The van der Waals surface area contributed by atoms with Gasteiger partial charge in [-0.25, -0.2) is 0 Å². The number of hydrogen-bond donors (Lipinski definition) is 1. The van der Waals surface area contributed by atoms with E-state index in [0.717, 1.165) is 41.9 Å². The Labute approximate surface area is 228 Å². The quantitative estimate of drug-likeness (QED) is 0.227. The number of halogens is 3. The standard InChI is InChI=1S/C27H33Cl3N2O2S/c1-2-25(27(34)31-21-7-4-3-5-8-21)32(18-19-10-15-23(29)24(30)17-19)26(33)9-6-16-35-22-13-11-20(28)12-14-22/h10-15,17,21,25H,2-9,16,18H2,1H3,(H,31,34)/t25-/m1/s1. The Bertz CT molecular complexity index is 981. The van der Waals surface area contributed by atoms with E-state index in [1.54, 1.807) is 28.8 Å². The molecule has 1 aliphatic rings. The lowest BCUT2D eigenvalue weighted by atomic mass is 9.95. The third-order valence-corrected chi connectivity index (χ3v) is 8.38. The summed E-state index contributed by atoms with van der Waals surface area (Å²) in [6.45, 7) is 2.27. The molecule has 3 rings (SSSR count). The molecular formula is C27H33Cl3N2O2S. The number of rotatable bonds is 11. The Hall–Kier alpha value is -1.40. The van der Waals surface area contributed by atoms with Crippen molar-refractivity contribution in [2.24, 2.45) is 0 Å². The van der Waals surface area contributed by atoms with Crippen LogP contribution in [0.1, 0.15) is 63.9 Å². The minimum atomic E-state index is -0.525. The highest BCUT2D eigenvalue weighted by Crippen LogP contribution is 2.26. The van der Waals surface area contributed by atoms with Crippen LogP contribution in [0.2, 0.25) is 15.1 Å². The molecule has 0 radical (unpaired) electrons. The maximum Gasteiger partial charge on any atom is 0.243 e. The van der Waals surface area contributed by atoms with Crippen LogP contribution in [0, 0.1) is 0 Å². The number of benzene rings is 2. The lowest BCUT2D eigenvalue weighted by Crippen LogP contribution is -2.51. The molecule has 0 aliphatic heterocycles. The molecular weight excluding hydrogens is 523 g/mol. The Balaban J connectivity index is 1.67. The van der Waals surface area contributed by atoms with Gasteiger partial charge in [-0.05, 0) is 73.4 Å². The molecule has 35 heavy (non-hydrogen) atoms. The fraction of sp³-hybridized carbons (Fsp3) is 0.481. The average Bonchev–Trinajstić information content (AvgIpc) is 2.85. The summed E-state index contributed by atoms with van der Waals surface area (Å²) < 4.78 is 0. The molecule has 2 aromatic rings. The minimum absolute atomic E-state index is 0.0292. The van der Waals surface area contributed by atoms with Crippen LogP contribution in [-0.2, 0) is 16.1 Å². The van der Waals surface area contributed by atoms with E-state index in [2.05, 4.69) is 5.32 Å². The van der Waals surface area contributed by atoms with Crippen molar-refractivity contribution in [2.45, 2.75) is 81.8 Å². The number of thioether (sulfide) groups is 1. The van der Waals surface area contributed by atoms with Crippen molar-refractivity contribution in [1.29, 1.82) is 0 Å². The highest BCUT2D eigenvalue weighted by atomic mass is 35.5. The van der Waals surface area contributed by atoms with Gasteiger partial charge in [0, 0.05) is 28.9 Å². The second-order valence-electron chi connectivity index (χ2n) is 8.94. The number of nitrogens with one attached hydrogen (secondary N) is 1. The first-order valence-corrected chi connectivity index (χ1v) is 14.4. The van der Waals surface area contributed by atoms with Crippen molar-refractivity contribution in [3.05, 3.63) is 63.1 Å². The van der Waals surface area contributed by atoms with E-state index < -0.39 is 6.04 Å². The summed E-state index contributed by atoms with van der Waals surface area (Å²) in [4.78, 5) is 29.5. The van der Waals surface area contributed by atoms with Crippen molar-refractivity contribution in [1.82, 2.24) is 10.2 Å². The van der Waals surface area contributed by atoms with Crippen LogP contribution < -0.4 is 5.32 Å². The zero-order chi connectivity index (χ0) is 25.2. The minimum Gasteiger partial charge on any atom is -0.352 e. The monoisotopic (exact) mass is 554 g/mol. The Morgan fingerprint density at radius 3 is 2.40 bits per heavy atom. The highest BCUT2D eigenvalue weighted by molar-refractivity contribution is 7.99. The van der Waals surface area contributed by atoms with Crippen molar-refractivity contribution < 1.29 is 9.59 Å². The molecule has 0 spiro atoms. The molecule has 1 atom stereocenters. The van der Waals surface area contributed by atoms with Crippen molar-refractivity contribution in [2.75, 3.05) is 5.75 Å². The van der Waals surface area contributed by atoms with Gasteiger partial charge in [0.15, 0.2) is 0 Å². The molecule has 0 aromatic heterocycles. The zero-order valence-electron chi connectivity index (χ0n) is 20.1. The molecule has 1 aliphatic carbocycles. The molecule has 2 aromatic carbocycles. The third kappa shape index (κ3) is 8.89. The van der Waals surface area contributed by atoms with Crippen LogP contribution in [0.3, 0.4) is 0 Å². The lowest BCUT2D eigenvalue weighted by molar-refractivity contribution is -0.141. The number of carbonyl (C=O) groups excluding carboxylic acids is 2. The molecule has 2 amide bonds. The first-order valence-electron chi connectivity index (χ1n) is 12.3. The Kier molecular flexibility index (Phi) is 11.6. The van der Waals surface area contributed by atoms with E-state index in [9.17, 15) is 9.59 Å². The number of amides is 2. The second-order valence-corrected chi connectivity index (χ2v) is 11.4. The van der Waals surface area contributed by atoms with Crippen LogP contribution in [-0.4, -0.2) is 34.6 Å². The topological polar surface area (TPSA) is 49.4 Å². The summed E-state index contributed by atoms with van der Waals surface area (Å²) in [6, 6.07) is 12.7. The highest BCUT2D eigenvalue weighted by Gasteiger charge is 2.30. The summed E-state index contributed by atoms with van der Waals surface area (Å²) in [5.41, 5.74) is 0.854. The predicted octanol–water partition coefficient (Wildman–Crippen LogP) is 7.78. The smallest absolute Gasteiger partial charge is 0.243 e. The largest absolute Gasteiger partial charge is 0.352 e. The molecule has 1 N–H and O–H groups in total. The summed E-state index contributed by atoms with van der Waals surface area (Å²) >= 11 is 20.0. The van der Waals surface area contributed by atoms with Crippen LogP contribution >= 0.6 is 46.6 Å². The van der Waals surface area contributed by atoms with Crippen LogP contribution in [0.15, 0.2) is 47.4 Å². The van der Waals surface area contributed by atoms with E-state index in [1.807, 2.05) is 37.3 Å². The fourth-order valence-corrected chi connectivity index (χ4v) is 5.69. The van der Waals surface area contributed by atoms with Crippen LogP contribution in [0.4, 0.5) is 0 Å². The van der Waals surface area contributed by atoms with E-state index >= 15 is 0 Å². The molecule has 8 heteroatoms. The van der Waals surface area contributed by atoms with E-state index in [4.69, 9.17) is 34.8 Å². The van der Waals surface area contributed by atoms with Crippen LogP contribution in [0.5, 0.6) is 0 Å². The number of hydrogen-bond acceptors (Lipinski definition) is 3. The van der Waals surface area contributed by atoms with Crippen LogP contribution in [0.25, 0.3) is 0 Å². The fourth-order valence-electron chi connectivity index (χ4n) is 4.39. The summed E-state index contributed by atoms with van der Waals surface area (Å²) in [5.74, 6) is 0.709. The Morgan fingerprint density at radius 2 is 1.74 bits per heavy atom.